The summed E-state index contributed by atoms with van der Waals surface area (Å²) < 4.78 is 2.74. The van der Waals surface area contributed by atoms with E-state index in [1.807, 2.05) is 11.3 Å². The van der Waals surface area contributed by atoms with Crippen LogP contribution in [0.25, 0.3) is 74.7 Å². The topological polar surface area (TPSA) is 6.48 Å². The molecule has 2 aliphatic heterocycles. The van der Waals surface area contributed by atoms with Gasteiger partial charge in [-0.3, -0.25) is 0 Å². The molecule has 11 aromatic carbocycles. The summed E-state index contributed by atoms with van der Waals surface area (Å²) >= 11 is 2.00. The molecule has 0 bridgehead atoms. The van der Waals surface area contributed by atoms with Gasteiger partial charge in [-0.15, -0.1) is 11.3 Å². The quantitative estimate of drug-likeness (QED) is 0.121. The third-order valence-corrected chi connectivity index (χ3v) is 18.1. The van der Waals surface area contributed by atoms with E-state index in [4.69, 9.17) is 0 Å². The average molecular weight is 917 g/mol. The highest BCUT2D eigenvalue weighted by Gasteiger charge is 2.46. The fourth-order valence-electron chi connectivity index (χ4n) is 12.4. The Labute approximate surface area is 414 Å². The molecule has 0 fully saturated rings. The summed E-state index contributed by atoms with van der Waals surface area (Å²) in [7, 11) is 0. The number of rotatable bonds is 6. The molecule has 0 unspecified atom stereocenters. The molecule has 70 heavy (non-hydrogen) atoms. The van der Waals surface area contributed by atoms with Crippen LogP contribution in [0, 0.1) is 0 Å². The number of nitrogens with zero attached hydrogens (tertiary/aromatic N) is 2. The fourth-order valence-corrected chi connectivity index (χ4v) is 13.7. The lowest BCUT2D eigenvalue weighted by atomic mass is 9.36. The average Bonchev–Trinajstić information content (AvgIpc) is 3.79. The van der Waals surface area contributed by atoms with Crippen LogP contribution in [0.5, 0.6) is 0 Å². The summed E-state index contributed by atoms with van der Waals surface area (Å²) in [5.41, 5.74) is 13.0. The zero-order valence-corrected chi connectivity index (χ0v) is 41.5. The second-order valence-electron chi connectivity index (χ2n) is 21.2. The molecular formula is C66H53BN2S. The number of thiophene rings is 1. The van der Waals surface area contributed by atoms with E-state index in [1.54, 1.807) is 0 Å². The van der Waals surface area contributed by atoms with Gasteiger partial charge in [0.05, 0.1) is 11.4 Å². The molecule has 1 aromatic heterocycles. The van der Waals surface area contributed by atoms with Crippen molar-refractivity contribution in [2.75, 3.05) is 9.80 Å². The molecular weight excluding hydrogens is 864 g/mol. The van der Waals surface area contributed by atoms with Gasteiger partial charge >= 0.3 is 0 Å². The third kappa shape index (κ3) is 5.74. The van der Waals surface area contributed by atoms with Gasteiger partial charge in [0.2, 0.25) is 0 Å². The van der Waals surface area contributed by atoms with Gasteiger partial charge in [0, 0.05) is 43.0 Å². The summed E-state index contributed by atoms with van der Waals surface area (Å²) in [5, 5.41) is 16.8. The van der Waals surface area contributed by atoms with Crippen LogP contribution < -0.4 is 25.5 Å². The predicted octanol–water partition coefficient (Wildman–Crippen LogP) is 17.3. The number of benzene rings is 11. The minimum Gasteiger partial charge on any atom is -0.311 e. The van der Waals surface area contributed by atoms with Gasteiger partial charge in [0.25, 0.3) is 6.71 Å². The first kappa shape index (κ1) is 41.6. The number of anilines is 6. The maximum atomic E-state index is 2.69. The Morgan fingerprint density at radius 1 is 0.400 bits per heavy atom. The lowest BCUT2D eigenvalue weighted by Crippen LogP contribution is -2.60. The van der Waals surface area contributed by atoms with E-state index in [-0.39, 0.29) is 17.5 Å². The van der Waals surface area contributed by atoms with Crippen molar-refractivity contribution < 1.29 is 0 Å². The second kappa shape index (κ2) is 15.1. The maximum absolute atomic E-state index is 2.69. The molecule has 0 aliphatic carbocycles. The van der Waals surface area contributed by atoms with Crippen molar-refractivity contribution >= 4 is 143 Å². The highest BCUT2D eigenvalue weighted by molar-refractivity contribution is 7.33. The fraction of sp³-hybridized carbons (Fsp3) is 0.152. The molecule has 0 radical (unpaired) electrons. The van der Waals surface area contributed by atoms with E-state index in [0.29, 0.717) is 0 Å². The lowest BCUT2D eigenvalue weighted by Gasteiger charge is -2.44. The summed E-state index contributed by atoms with van der Waals surface area (Å²) in [6, 6.07) is 72.2. The molecule has 12 aromatic rings. The molecule has 0 saturated carbocycles. The Balaban J connectivity index is 1.12. The summed E-state index contributed by atoms with van der Waals surface area (Å²) in [6.07, 6.45) is 2.11. The largest absolute Gasteiger partial charge is 0.311 e. The zero-order chi connectivity index (χ0) is 47.2. The van der Waals surface area contributed by atoms with E-state index in [1.165, 1.54) is 136 Å². The molecule has 4 heteroatoms. The monoisotopic (exact) mass is 916 g/mol. The van der Waals surface area contributed by atoms with Crippen LogP contribution in [0.2, 0.25) is 0 Å². The van der Waals surface area contributed by atoms with Crippen LogP contribution in [0.1, 0.15) is 65.5 Å². The van der Waals surface area contributed by atoms with Crippen molar-refractivity contribution in [1.82, 2.24) is 0 Å². The predicted molar refractivity (Wildman–Crippen MR) is 308 cm³/mol. The highest BCUT2D eigenvalue weighted by Crippen LogP contribution is 2.52. The highest BCUT2D eigenvalue weighted by atomic mass is 32.1. The van der Waals surface area contributed by atoms with Crippen LogP contribution in [-0.4, -0.2) is 6.71 Å². The molecule has 2 nitrogen and oxygen atoms in total. The van der Waals surface area contributed by atoms with Gasteiger partial charge in [0.15, 0.2) is 0 Å². The van der Waals surface area contributed by atoms with Crippen molar-refractivity contribution in [2.45, 2.75) is 65.2 Å². The van der Waals surface area contributed by atoms with E-state index < -0.39 is 0 Å². The SMILES string of the molecule is CCC(C)(C)c1ccc2c(c1)B1c3sc4ccc(C(C)(C)CC)cc4c3N(c3cccc4c5ccccc5c5ccccc5c34)c3cccc(c31)N2c1ccc2c3ccccc3c3ccccc3c2c1. The number of hydrogen-bond donors (Lipinski definition) is 0. The molecule has 0 spiro atoms. The first-order valence-electron chi connectivity index (χ1n) is 25.2. The van der Waals surface area contributed by atoms with Gasteiger partial charge in [-0.25, -0.2) is 0 Å². The van der Waals surface area contributed by atoms with Crippen LogP contribution in [0.15, 0.2) is 188 Å². The number of fused-ring (bicyclic) bond motifs is 18. The van der Waals surface area contributed by atoms with E-state index in [0.717, 1.165) is 12.8 Å². The minimum absolute atomic E-state index is 0.000305. The van der Waals surface area contributed by atoms with Gasteiger partial charge in [-0.1, -0.05) is 181 Å². The van der Waals surface area contributed by atoms with Gasteiger partial charge in [-0.2, -0.15) is 0 Å². The Bertz CT molecular complexity index is 4120. The molecule has 2 aliphatic rings. The van der Waals surface area contributed by atoms with Crippen LogP contribution in [0.4, 0.5) is 34.1 Å². The lowest BCUT2D eigenvalue weighted by molar-refractivity contribution is 0.506. The van der Waals surface area contributed by atoms with E-state index >= 15 is 0 Å². The van der Waals surface area contributed by atoms with Crippen molar-refractivity contribution in [3.63, 3.8) is 0 Å². The molecule has 0 saturated heterocycles. The van der Waals surface area contributed by atoms with Crippen LogP contribution in [0.3, 0.4) is 0 Å². The standard InChI is InChI=1S/C66H53BN2S/c1-7-65(3,4)40-32-36-60-54(37-40)63-64(70-60)67-55-38-41(66(5,6)8-2)31-35-56(55)68(42-33-34-50-45-21-10-9-19-43(45)44-20-12-14-25-49(44)53(50)39-42)58-29-18-30-59(62(58)67)69(63)57-28-17-27-52-48-23-13-11-22-46(48)47-24-15-16-26-51(47)61(52)57/h9-39H,7-8H2,1-6H3. The Morgan fingerprint density at radius 3 is 1.47 bits per heavy atom. The first-order chi connectivity index (χ1) is 34.1. The number of hydrogen-bond acceptors (Lipinski definition) is 3. The normalized spacial score (nSPS) is 13.6. The molecule has 0 amide bonds. The Kier molecular flexibility index (Phi) is 8.94. The van der Waals surface area contributed by atoms with E-state index in [9.17, 15) is 0 Å². The van der Waals surface area contributed by atoms with Gasteiger partial charge in [0.1, 0.15) is 0 Å². The van der Waals surface area contributed by atoms with Crippen LogP contribution >= 0.6 is 11.3 Å². The molecule has 0 N–H and O–H groups in total. The summed E-state index contributed by atoms with van der Waals surface area (Å²) in [5.74, 6) is 0. The Morgan fingerprint density at radius 2 is 0.871 bits per heavy atom. The van der Waals surface area contributed by atoms with Gasteiger partial charge in [-0.05, 0) is 154 Å². The Hall–Kier alpha value is -7.40. The molecule has 0 atom stereocenters. The second-order valence-corrected chi connectivity index (χ2v) is 22.3. The molecule has 14 rings (SSSR count). The van der Waals surface area contributed by atoms with E-state index in [2.05, 4.69) is 239 Å². The molecule has 3 heterocycles. The van der Waals surface area contributed by atoms with Gasteiger partial charge < -0.3 is 9.80 Å². The summed E-state index contributed by atoms with van der Waals surface area (Å²) in [6.45, 7) is 14.3. The minimum atomic E-state index is -0.000305. The maximum Gasteiger partial charge on any atom is 0.264 e. The molecule has 336 valence electrons. The third-order valence-electron chi connectivity index (χ3n) is 16.9. The zero-order valence-electron chi connectivity index (χ0n) is 40.7. The van der Waals surface area contributed by atoms with Crippen molar-refractivity contribution in [1.29, 1.82) is 0 Å². The van der Waals surface area contributed by atoms with Crippen molar-refractivity contribution in [3.8, 4) is 0 Å². The van der Waals surface area contributed by atoms with Crippen molar-refractivity contribution in [3.05, 3.63) is 199 Å². The summed E-state index contributed by atoms with van der Waals surface area (Å²) in [4.78, 5) is 5.29. The first-order valence-corrected chi connectivity index (χ1v) is 26.1. The smallest absolute Gasteiger partial charge is 0.264 e. The van der Waals surface area contributed by atoms with Crippen LogP contribution in [-0.2, 0) is 10.8 Å². The van der Waals surface area contributed by atoms with Crippen molar-refractivity contribution in [2.24, 2.45) is 0 Å².